The summed E-state index contributed by atoms with van der Waals surface area (Å²) in [5.74, 6) is -0.685. The molecule has 0 saturated heterocycles. The van der Waals surface area contributed by atoms with Crippen molar-refractivity contribution < 1.29 is 19.1 Å². The molecule has 1 aliphatic rings. The van der Waals surface area contributed by atoms with Crippen molar-refractivity contribution in [2.75, 3.05) is 5.32 Å². The molecule has 0 spiro atoms. The molecule has 2 aromatic rings. The molecular weight excluding hydrogens is 388 g/mol. The Labute approximate surface area is 174 Å². The molecule has 1 heterocycles. The van der Waals surface area contributed by atoms with Crippen LogP contribution >= 0.6 is 11.3 Å². The van der Waals surface area contributed by atoms with Gasteiger partial charge in [0.25, 0.3) is 11.8 Å². The van der Waals surface area contributed by atoms with Gasteiger partial charge in [0.05, 0.1) is 10.4 Å². The summed E-state index contributed by atoms with van der Waals surface area (Å²) >= 11 is 1.34. The van der Waals surface area contributed by atoms with Gasteiger partial charge in [0.15, 0.2) is 6.10 Å². The molecule has 6 nitrogen and oxygen atoms in total. The van der Waals surface area contributed by atoms with Crippen molar-refractivity contribution >= 4 is 34.8 Å². The van der Waals surface area contributed by atoms with E-state index in [4.69, 9.17) is 4.74 Å². The first-order valence-electron chi connectivity index (χ1n) is 9.90. The van der Waals surface area contributed by atoms with E-state index in [9.17, 15) is 14.4 Å². The summed E-state index contributed by atoms with van der Waals surface area (Å²) in [6.45, 7) is 3.71. The Kier molecular flexibility index (Phi) is 7.04. The number of anilines is 1. The highest BCUT2D eigenvalue weighted by Gasteiger charge is 2.26. The molecule has 3 atom stereocenters. The topological polar surface area (TPSA) is 84.5 Å². The minimum Gasteiger partial charge on any atom is -0.449 e. The van der Waals surface area contributed by atoms with E-state index in [-0.39, 0.29) is 23.4 Å². The van der Waals surface area contributed by atoms with E-state index in [1.54, 1.807) is 43.3 Å². The minimum atomic E-state index is -0.888. The molecule has 7 heteroatoms. The van der Waals surface area contributed by atoms with Crippen molar-refractivity contribution in [2.24, 2.45) is 5.92 Å². The number of carbonyl (C=O) groups excluding carboxylic acids is 3. The Hall–Kier alpha value is -2.67. The van der Waals surface area contributed by atoms with Gasteiger partial charge < -0.3 is 15.4 Å². The summed E-state index contributed by atoms with van der Waals surface area (Å²) in [5, 5.41) is 7.59. The van der Waals surface area contributed by atoms with Gasteiger partial charge in [-0.15, -0.1) is 11.3 Å². The van der Waals surface area contributed by atoms with Crippen LogP contribution in [0.4, 0.5) is 5.69 Å². The minimum absolute atomic E-state index is 0.133. The van der Waals surface area contributed by atoms with Gasteiger partial charge >= 0.3 is 5.97 Å². The Bertz CT molecular complexity index is 865. The summed E-state index contributed by atoms with van der Waals surface area (Å²) in [7, 11) is 0. The van der Waals surface area contributed by atoms with Gasteiger partial charge in [0.2, 0.25) is 0 Å². The van der Waals surface area contributed by atoms with E-state index in [1.807, 2.05) is 5.38 Å². The van der Waals surface area contributed by atoms with Crippen molar-refractivity contribution in [2.45, 2.75) is 51.7 Å². The number of amides is 2. The molecule has 3 rings (SSSR count). The number of nitrogens with one attached hydrogen (secondary N) is 2. The predicted molar refractivity (Wildman–Crippen MR) is 113 cm³/mol. The van der Waals surface area contributed by atoms with Gasteiger partial charge in [-0.05, 0) is 55.3 Å². The molecule has 0 aliphatic heterocycles. The third kappa shape index (κ3) is 5.67. The molecule has 2 N–H and O–H groups in total. The lowest BCUT2D eigenvalue weighted by Crippen LogP contribution is -2.45. The molecule has 1 fully saturated rings. The quantitative estimate of drug-likeness (QED) is 0.693. The standard InChI is InChI=1S/C22H26N2O4S/c1-14-7-3-4-10-18(14)24-20(25)15(2)28-22(27)16-8-5-9-17(13-16)23-21(26)19-11-6-12-29-19/h5-6,8-9,11-15,18H,3-4,7,10H2,1-2H3,(H,23,26)(H,24,25)/t14-,15+,18-/m0/s1. The lowest BCUT2D eigenvalue weighted by atomic mass is 9.86. The molecule has 1 saturated carbocycles. The zero-order valence-corrected chi connectivity index (χ0v) is 17.5. The van der Waals surface area contributed by atoms with Crippen molar-refractivity contribution in [1.29, 1.82) is 0 Å². The molecule has 0 bridgehead atoms. The first kappa shape index (κ1) is 21.0. The second kappa shape index (κ2) is 9.69. The van der Waals surface area contributed by atoms with E-state index in [0.29, 0.717) is 16.5 Å². The second-order valence-corrected chi connectivity index (χ2v) is 8.38. The SMILES string of the molecule is C[C@@H](OC(=O)c1cccc(NC(=O)c2cccs2)c1)C(=O)N[C@H]1CCCC[C@@H]1C. The molecule has 2 amide bonds. The number of hydrogen-bond acceptors (Lipinski definition) is 5. The number of rotatable bonds is 6. The molecule has 1 aliphatic carbocycles. The molecular formula is C22H26N2O4S. The van der Waals surface area contributed by atoms with E-state index in [1.165, 1.54) is 17.8 Å². The first-order chi connectivity index (χ1) is 13.9. The smallest absolute Gasteiger partial charge is 0.338 e. The van der Waals surface area contributed by atoms with Crippen LogP contribution in [0.3, 0.4) is 0 Å². The van der Waals surface area contributed by atoms with Gasteiger partial charge in [0, 0.05) is 11.7 Å². The van der Waals surface area contributed by atoms with Crippen molar-refractivity contribution in [1.82, 2.24) is 5.32 Å². The number of ether oxygens (including phenoxy) is 1. The van der Waals surface area contributed by atoms with Crippen LogP contribution < -0.4 is 10.6 Å². The fraction of sp³-hybridized carbons (Fsp3) is 0.409. The zero-order chi connectivity index (χ0) is 20.8. The van der Waals surface area contributed by atoms with Crippen LogP contribution in [-0.4, -0.2) is 29.9 Å². The fourth-order valence-corrected chi connectivity index (χ4v) is 4.06. The maximum absolute atomic E-state index is 12.5. The van der Waals surface area contributed by atoms with Gasteiger partial charge in [-0.1, -0.05) is 31.9 Å². The van der Waals surface area contributed by atoms with Crippen LogP contribution in [-0.2, 0) is 9.53 Å². The van der Waals surface area contributed by atoms with Crippen LogP contribution in [0, 0.1) is 5.92 Å². The third-order valence-corrected chi connectivity index (χ3v) is 6.06. The molecule has 0 unspecified atom stereocenters. The number of esters is 1. The van der Waals surface area contributed by atoms with Crippen molar-refractivity contribution in [3.8, 4) is 0 Å². The van der Waals surface area contributed by atoms with E-state index in [2.05, 4.69) is 17.6 Å². The maximum Gasteiger partial charge on any atom is 0.338 e. The zero-order valence-electron chi connectivity index (χ0n) is 16.6. The predicted octanol–water partition coefficient (Wildman–Crippen LogP) is 4.24. The van der Waals surface area contributed by atoms with Crippen molar-refractivity contribution in [3.63, 3.8) is 0 Å². The summed E-state index contributed by atoms with van der Waals surface area (Å²) in [6, 6.07) is 10.2. The monoisotopic (exact) mass is 414 g/mol. The molecule has 1 aromatic carbocycles. The van der Waals surface area contributed by atoms with E-state index in [0.717, 1.165) is 19.3 Å². The summed E-state index contributed by atoms with van der Waals surface area (Å²) < 4.78 is 5.35. The number of thiophene rings is 1. The highest BCUT2D eigenvalue weighted by molar-refractivity contribution is 7.12. The van der Waals surface area contributed by atoms with Crippen LogP contribution in [0.2, 0.25) is 0 Å². The summed E-state index contributed by atoms with van der Waals surface area (Å²) in [5.41, 5.74) is 0.769. The number of benzene rings is 1. The Morgan fingerprint density at radius 1 is 1.14 bits per heavy atom. The molecule has 1 aromatic heterocycles. The number of hydrogen-bond donors (Lipinski definition) is 2. The maximum atomic E-state index is 12.5. The largest absolute Gasteiger partial charge is 0.449 e. The number of carbonyl (C=O) groups is 3. The molecule has 29 heavy (non-hydrogen) atoms. The highest BCUT2D eigenvalue weighted by Crippen LogP contribution is 2.24. The Morgan fingerprint density at radius 2 is 1.93 bits per heavy atom. The lowest BCUT2D eigenvalue weighted by Gasteiger charge is -2.30. The normalized spacial score (nSPS) is 19.8. The van der Waals surface area contributed by atoms with Crippen LogP contribution in [0.15, 0.2) is 41.8 Å². The van der Waals surface area contributed by atoms with Crippen LogP contribution in [0.1, 0.15) is 59.6 Å². The summed E-state index contributed by atoms with van der Waals surface area (Å²) in [4.78, 5) is 37.6. The molecule has 0 radical (unpaired) electrons. The first-order valence-corrected chi connectivity index (χ1v) is 10.8. The highest BCUT2D eigenvalue weighted by atomic mass is 32.1. The molecule has 154 valence electrons. The fourth-order valence-electron chi connectivity index (χ4n) is 3.44. The summed E-state index contributed by atoms with van der Waals surface area (Å²) in [6.07, 6.45) is 3.47. The third-order valence-electron chi connectivity index (χ3n) is 5.19. The van der Waals surface area contributed by atoms with E-state index < -0.39 is 12.1 Å². The Morgan fingerprint density at radius 3 is 2.66 bits per heavy atom. The van der Waals surface area contributed by atoms with Crippen LogP contribution in [0.5, 0.6) is 0 Å². The van der Waals surface area contributed by atoms with Gasteiger partial charge in [-0.2, -0.15) is 0 Å². The van der Waals surface area contributed by atoms with Gasteiger partial charge in [0.1, 0.15) is 0 Å². The van der Waals surface area contributed by atoms with E-state index >= 15 is 0 Å². The average Bonchev–Trinajstić information content (AvgIpc) is 3.25. The van der Waals surface area contributed by atoms with Crippen LogP contribution in [0.25, 0.3) is 0 Å². The average molecular weight is 415 g/mol. The van der Waals surface area contributed by atoms with Gasteiger partial charge in [-0.3, -0.25) is 9.59 Å². The van der Waals surface area contributed by atoms with Gasteiger partial charge in [-0.25, -0.2) is 4.79 Å². The Balaban J connectivity index is 1.57. The lowest BCUT2D eigenvalue weighted by molar-refractivity contribution is -0.130. The second-order valence-electron chi connectivity index (χ2n) is 7.44. The van der Waals surface area contributed by atoms with Crippen molar-refractivity contribution in [3.05, 3.63) is 52.2 Å².